The Labute approximate surface area is 86.3 Å². The number of piperidine rings is 1. The van der Waals surface area contributed by atoms with Crippen LogP contribution in [-0.2, 0) is 0 Å². The Bertz CT molecular complexity index is 237. The van der Waals surface area contributed by atoms with Crippen molar-refractivity contribution in [2.45, 2.75) is 45.3 Å². The van der Waals surface area contributed by atoms with E-state index in [0.717, 1.165) is 18.3 Å². The topological polar surface area (TPSA) is 23.5 Å². The molecule has 2 heteroatoms. The van der Waals surface area contributed by atoms with Crippen LogP contribution < -0.4 is 0 Å². The molecule has 1 aliphatic heterocycles. The van der Waals surface area contributed by atoms with Crippen LogP contribution in [0, 0.1) is 17.3 Å². The molecule has 0 aromatic heterocycles. The Morgan fingerprint density at radius 2 is 1.79 bits per heavy atom. The number of hydrogen-bond donors (Lipinski definition) is 1. The fourth-order valence-electron chi connectivity index (χ4n) is 3.78. The lowest BCUT2D eigenvalue weighted by atomic mass is 10.0. The summed E-state index contributed by atoms with van der Waals surface area (Å²) in [6.07, 6.45) is 3.44. The van der Waals surface area contributed by atoms with Crippen molar-refractivity contribution in [2.24, 2.45) is 17.3 Å². The van der Waals surface area contributed by atoms with Gasteiger partial charge in [0.15, 0.2) is 0 Å². The van der Waals surface area contributed by atoms with Crippen molar-refractivity contribution < 1.29 is 5.11 Å². The fourth-order valence-corrected chi connectivity index (χ4v) is 3.78. The van der Waals surface area contributed by atoms with Crippen molar-refractivity contribution in [1.29, 1.82) is 0 Å². The first kappa shape index (κ1) is 9.17. The molecular formula is C12H21NO. The first-order valence-corrected chi connectivity index (χ1v) is 6.03. The number of aliphatic hydroxyl groups excluding tert-OH is 1. The average molecular weight is 195 g/mol. The molecule has 3 aliphatic rings. The van der Waals surface area contributed by atoms with Gasteiger partial charge >= 0.3 is 0 Å². The lowest BCUT2D eigenvalue weighted by molar-refractivity contribution is 0.0714. The second kappa shape index (κ2) is 2.73. The smallest absolute Gasteiger partial charge is 0.0695 e. The third-order valence-electron chi connectivity index (χ3n) is 5.06. The van der Waals surface area contributed by atoms with Gasteiger partial charge in [-0.2, -0.15) is 0 Å². The van der Waals surface area contributed by atoms with Crippen LogP contribution in [0.4, 0.5) is 0 Å². The molecule has 0 spiro atoms. The molecule has 0 aromatic carbocycles. The zero-order valence-corrected chi connectivity index (χ0v) is 9.24. The molecule has 80 valence electrons. The van der Waals surface area contributed by atoms with Crippen molar-refractivity contribution in [2.75, 3.05) is 13.1 Å². The van der Waals surface area contributed by atoms with Gasteiger partial charge in [0.25, 0.3) is 0 Å². The minimum atomic E-state index is -0.0318. The summed E-state index contributed by atoms with van der Waals surface area (Å²) in [7, 11) is 0. The minimum Gasteiger partial charge on any atom is -0.391 e. The summed E-state index contributed by atoms with van der Waals surface area (Å²) in [5, 5.41) is 9.84. The van der Waals surface area contributed by atoms with E-state index in [-0.39, 0.29) is 6.10 Å². The van der Waals surface area contributed by atoms with Crippen LogP contribution in [0.25, 0.3) is 0 Å². The Morgan fingerprint density at radius 1 is 1.14 bits per heavy atom. The van der Waals surface area contributed by atoms with Crippen molar-refractivity contribution in [3.8, 4) is 0 Å². The monoisotopic (exact) mass is 195 g/mol. The number of hydrogen-bond acceptors (Lipinski definition) is 2. The van der Waals surface area contributed by atoms with Crippen LogP contribution in [0.3, 0.4) is 0 Å². The van der Waals surface area contributed by atoms with Gasteiger partial charge in [0.2, 0.25) is 0 Å². The zero-order valence-electron chi connectivity index (χ0n) is 9.24. The average Bonchev–Trinajstić information content (AvgIpc) is 2.61. The summed E-state index contributed by atoms with van der Waals surface area (Å²) in [6, 6.07) is 0.499. The first-order chi connectivity index (χ1) is 6.60. The summed E-state index contributed by atoms with van der Waals surface area (Å²) < 4.78 is 0. The molecule has 2 aliphatic carbocycles. The van der Waals surface area contributed by atoms with E-state index in [2.05, 4.69) is 18.7 Å². The van der Waals surface area contributed by atoms with E-state index in [9.17, 15) is 5.11 Å². The largest absolute Gasteiger partial charge is 0.391 e. The summed E-state index contributed by atoms with van der Waals surface area (Å²) in [5.41, 5.74) is 0.611. The van der Waals surface area contributed by atoms with Crippen LogP contribution in [-0.4, -0.2) is 35.2 Å². The van der Waals surface area contributed by atoms with Gasteiger partial charge in [0.1, 0.15) is 0 Å². The maximum Gasteiger partial charge on any atom is 0.0695 e. The van der Waals surface area contributed by atoms with E-state index >= 15 is 0 Å². The molecule has 1 N–H and O–H groups in total. The zero-order chi connectivity index (χ0) is 9.92. The van der Waals surface area contributed by atoms with Gasteiger partial charge in [0, 0.05) is 19.1 Å². The van der Waals surface area contributed by atoms with Crippen molar-refractivity contribution in [3.63, 3.8) is 0 Å². The Morgan fingerprint density at radius 3 is 2.29 bits per heavy atom. The van der Waals surface area contributed by atoms with Crippen LogP contribution in [0.2, 0.25) is 0 Å². The molecule has 4 atom stereocenters. The first-order valence-electron chi connectivity index (χ1n) is 6.03. The Kier molecular flexibility index (Phi) is 1.79. The van der Waals surface area contributed by atoms with E-state index in [4.69, 9.17) is 0 Å². The van der Waals surface area contributed by atoms with E-state index in [1.54, 1.807) is 0 Å². The minimum absolute atomic E-state index is 0.0318. The summed E-state index contributed by atoms with van der Waals surface area (Å²) >= 11 is 0. The maximum atomic E-state index is 9.84. The third-order valence-corrected chi connectivity index (χ3v) is 5.06. The van der Waals surface area contributed by atoms with E-state index < -0.39 is 0 Å². The summed E-state index contributed by atoms with van der Waals surface area (Å²) in [4.78, 5) is 2.55. The van der Waals surface area contributed by atoms with Crippen LogP contribution in [0.1, 0.15) is 33.1 Å². The van der Waals surface area contributed by atoms with Crippen molar-refractivity contribution in [3.05, 3.63) is 0 Å². The van der Waals surface area contributed by atoms with Crippen LogP contribution in [0.15, 0.2) is 0 Å². The van der Waals surface area contributed by atoms with Gasteiger partial charge in [-0.05, 0) is 36.5 Å². The molecule has 1 heterocycles. The molecule has 0 bridgehead atoms. The standard InChI is InChI=1S/C12H21NO/c1-12(2)8-6-13(7-9(8)12)10-4-3-5-11(10)14/h8-11,14H,3-7H2,1-2H3. The van der Waals surface area contributed by atoms with Gasteiger partial charge in [-0.3, -0.25) is 4.90 Å². The van der Waals surface area contributed by atoms with Gasteiger partial charge in [0.05, 0.1) is 6.10 Å². The lowest BCUT2D eigenvalue weighted by Crippen LogP contribution is -2.41. The van der Waals surface area contributed by atoms with Gasteiger partial charge in [-0.1, -0.05) is 13.8 Å². The van der Waals surface area contributed by atoms with E-state index in [1.807, 2.05) is 0 Å². The Balaban J connectivity index is 1.63. The number of nitrogens with zero attached hydrogens (tertiary/aromatic N) is 1. The number of rotatable bonds is 1. The Hall–Kier alpha value is -0.0800. The quantitative estimate of drug-likeness (QED) is 0.685. The highest BCUT2D eigenvalue weighted by Crippen LogP contribution is 2.62. The van der Waals surface area contributed by atoms with E-state index in [1.165, 1.54) is 25.9 Å². The second-order valence-corrected chi connectivity index (χ2v) is 6.05. The predicted octanol–water partition coefficient (Wildman–Crippen LogP) is 1.49. The maximum absolute atomic E-state index is 9.84. The molecule has 0 radical (unpaired) electrons. The number of likely N-dealkylation sites (tertiary alicyclic amines) is 1. The third kappa shape index (κ3) is 1.10. The van der Waals surface area contributed by atoms with Crippen LogP contribution in [0.5, 0.6) is 0 Å². The molecule has 2 nitrogen and oxygen atoms in total. The fraction of sp³-hybridized carbons (Fsp3) is 1.00. The highest BCUT2D eigenvalue weighted by Gasteiger charge is 2.62. The highest BCUT2D eigenvalue weighted by atomic mass is 16.3. The molecule has 14 heavy (non-hydrogen) atoms. The van der Waals surface area contributed by atoms with Gasteiger partial charge in [-0.15, -0.1) is 0 Å². The predicted molar refractivity (Wildman–Crippen MR) is 56.0 cm³/mol. The number of aliphatic hydroxyl groups is 1. The lowest BCUT2D eigenvalue weighted by Gasteiger charge is -2.30. The molecule has 4 unspecified atom stereocenters. The summed E-state index contributed by atoms with van der Waals surface area (Å²) in [5.74, 6) is 1.85. The molecule has 1 saturated heterocycles. The van der Waals surface area contributed by atoms with Crippen LogP contribution >= 0.6 is 0 Å². The summed E-state index contributed by atoms with van der Waals surface area (Å²) in [6.45, 7) is 7.29. The number of fused-ring (bicyclic) bond motifs is 1. The molecule has 2 saturated carbocycles. The van der Waals surface area contributed by atoms with Gasteiger partial charge in [-0.25, -0.2) is 0 Å². The van der Waals surface area contributed by atoms with Crippen molar-refractivity contribution in [1.82, 2.24) is 4.90 Å². The molecule has 0 amide bonds. The van der Waals surface area contributed by atoms with Gasteiger partial charge < -0.3 is 5.11 Å². The van der Waals surface area contributed by atoms with Crippen molar-refractivity contribution >= 4 is 0 Å². The molecule has 3 rings (SSSR count). The molecular weight excluding hydrogens is 174 g/mol. The van der Waals surface area contributed by atoms with E-state index in [0.29, 0.717) is 11.5 Å². The normalized spacial score (nSPS) is 50.8. The molecule has 0 aromatic rings. The molecule has 3 fully saturated rings. The SMILES string of the molecule is CC1(C)C2CN(C3CCCC3O)CC21. The second-order valence-electron chi connectivity index (χ2n) is 6.05. The highest BCUT2D eigenvalue weighted by molar-refractivity contribution is 5.12.